The van der Waals surface area contributed by atoms with Crippen LogP contribution in [0.2, 0.25) is 0 Å². The number of carbonyl (C=O) groups excluding carboxylic acids is 1. The highest BCUT2D eigenvalue weighted by Crippen LogP contribution is 2.11. The molecule has 0 aliphatic rings. The Morgan fingerprint density at radius 3 is 2.26 bits per heavy atom. The van der Waals surface area contributed by atoms with Gasteiger partial charge in [0.05, 0.1) is 6.54 Å². The molecule has 0 radical (unpaired) electrons. The van der Waals surface area contributed by atoms with Gasteiger partial charge in [-0.2, -0.15) is 0 Å². The van der Waals surface area contributed by atoms with Gasteiger partial charge in [0.25, 0.3) is 11.5 Å². The Balaban J connectivity index is 2.51. The van der Waals surface area contributed by atoms with Crippen LogP contribution in [0, 0.1) is 13.8 Å². The van der Waals surface area contributed by atoms with Crippen molar-refractivity contribution in [2.75, 3.05) is 13.1 Å². The fourth-order valence-electron chi connectivity index (χ4n) is 2.82. The molecule has 1 aromatic heterocycles. The average molecular weight is 312 g/mol. The van der Waals surface area contributed by atoms with E-state index in [4.69, 9.17) is 0 Å². The lowest BCUT2D eigenvalue weighted by Crippen LogP contribution is -2.38. The van der Waals surface area contributed by atoms with E-state index in [9.17, 15) is 9.59 Å². The van der Waals surface area contributed by atoms with E-state index in [1.807, 2.05) is 64.1 Å². The molecule has 0 aliphatic heterocycles. The number of aryl methyl sites for hydroxylation is 2. The largest absolute Gasteiger partial charge is 0.339 e. The van der Waals surface area contributed by atoms with Gasteiger partial charge in [-0.3, -0.25) is 9.59 Å². The van der Waals surface area contributed by atoms with Crippen molar-refractivity contribution in [3.8, 4) is 0 Å². The van der Waals surface area contributed by atoms with Crippen LogP contribution < -0.4 is 5.56 Å². The molecule has 0 spiro atoms. The summed E-state index contributed by atoms with van der Waals surface area (Å²) in [5.74, 6) is -0.181. The molecule has 0 N–H and O–H groups in total. The second-order valence-electron chi connectivity index (χ2n) is 5.70. The first kappa shape index (κ1) is 17.0. The van der Waals surface area contributed by atoms with Crippen LogP contribution in [0.5, 0.6) is 0 Å². The molecule has 0 saturated heterocycles. The van der Waals surface area contributed by atoms with Gasteiger partial charge >= 0.3 is 0 Å². The highest BCUT2D eigenvalue weighted by atomic mass is 16.2. The summed E-state index contributed by atoms with van der Waals surface area (Å²) in [4.78, 5) is 27.3. The molecule has 4 nitrogen and oxygen atoms in total. The molecule has 23 heavy (non-hydrogen) atoms. The minimum atomic E-state index is -0.205. The fraction of sp³-hybridized carbons (Fsp3) is 0.368. The van der Waals surface area contributed by atoms with Crippen LogP contribution in [0.3, 0.4) is 0 Å². The molecular weight excluding hydrogens is 288 g/mol. The predicted molar refractivity (Wildman–Crippen MR) is 93.0 cm³/mol. The van der Waals surface area contributed by atoms with Crippen LogP contribution in [0.25, 0.3) is 0 Å². The van der Waals surface area contributed by atoms with E-state index in [2.05, 4.69) is 0 Å². The quantitative estimate of drug-likeness (QED) is 0.852. The second kappa shape index (κ2) is 7.27. The van der Waals surface area contributed by atoms with Crippen molar-refractivity contribution in [1.82, 2.24) is 9.47 Å². The zero-order valence-electron chi connectivity index (χ0n) is 14.3. The predicted octanol–water partition coefficient (Wildman–Crippen LogP) is 3.00. The maximum atomic E-state index is 12.9. The first-order valence-electron chi connectivity index (χ1n) is 8.03. The van der Waals surface area contributed by atoms with Crippen LogP contribution in [-0.2, 0) is 6.54 Å². The number of nitrogens with zero attached hydrogens (tertiary/aromatic N) is 2. The number of benzene rings is 1. The van der Waals surface area contributed by atoms with Crippen LogP contribution in [0.4, 0.5) is 0 Å². The van der Waals surface area contributed by atoms with E-state index in [-0.39, 0.29) is 17.0 Å². The Morgan fingerprint density at radius 2 is 1.70 bits per heavy atom. The summed E-state index contributed by atoms with van der Waals surface area (Å²) in [5, 5.41) is 0. The molecule has 1 amide bonds. The van der Waals surface area contributed by atoms with Gasteiger partial charge in [0.1, 0.15) is 5.56 Å². The number of hydrogen-bond donors (Lipinski definition) is 0. The standard InChI is InChI=1S/C19H24N2O2/c1-5-20(6-2)18(22)17-14(3)12-15(4)21(19(17)23)13-16-10-8-7-9-11-16/h7-12H,5-6,13H2,1-4H3. The summed E-state index contributed by atoms with van der Waals surface area (Å²) in [5.41, 5.74) is 2.74. The van der Waals surface area contributed by atoms with Crippen molar-refractivity contribution in [1.29, 1.82) is 0 Å². The highest BCUT2D eigenvalue weighted by Gasteiger charge is 2.21. The first-order chi connectivity index (χ1) is 11.0. The van der Waals surface area contributed by atoms with Gasteiger partial charge in [-0.1, -0.05) is 30.3 Å². The van der Waals surface area contributed by atoms with Gasteiger partial charge < -0.3 is 9.47 Å². The van der Waals surface area contributed by atoms with Gasteiger partial charge in [0.2, 0.25) is 0 Å². The normalized spacial score (nSPS) is 10.6. The van der Waals surface area contributed by atoms with E-state index < -0.39 is 0 Å². The number of hydrogen-bond acceptors (Lipinski definition) is 2. The molecule has 0 fully saturated rings. The third kappa shape index (κ3) is 3.52. The van der Waals surface area contributed by atoms with E-state index in [0.717, 1.165) is 16.8 Å². The fourth-order valence-corrected chi connectivity index (χ4v) is 2.82. The van der Waals surface area contributed by atoms with E-state index in [1.54, 1.807) is 9.47 Å². The molecular formula is C19H24N2O2. The van der Waals surface area contributed by atoms with Crippen molar-refractivity contribution in [3.05, 3.63) is 69.1 Å². The number of amides is 1. The van der Waals surface area contributed by atoms with E-state index >= 15 is 0 Å². The Kier molecular flexibility index (Phi) is 5.37. The molecule has 0 atom stereocenters. The van der Waals surface area contributed by atoms with Crippen LogP contribution in [0.15, 0.2) is 41.2 Å². The maximum absolute atomic E-state index is 12.9. The zero-order valence-corrected chi connectivity index (χ0v) is 14.3. The summed E-state index contributed by atoms with van der Waals surface area (Å²) < 4.78 is 1.68. The number of carbonyl (C=O) groups is 1. The summed E-state index contributed by atoms with van der Waals surface area (Å²) in [6.07, 6.45) is 0. The van der Waals surface area contributed by atoms with Gasteiger partial charge in [-0.05, 0) is 44.9 Å². The van der Waals surface area contributed by atoms with Gasteiger partial charge in [0, 0.05) is 18.8 Å². The van der Waals surface area contributed by atoms with Crippen LogP contribution in [-0.4, -0.2) is 28.5 Å². The molecule has 4 heteroatoms. The minimum absolute atomic E-state index is 0.181. The molecule has 0 saturated carbocycles. The molecule has 2 rings (SSSR count). The summed E-state index contributed by atoms with van der Waals surface area (Å²) in [7, 11) is 0. The second-order valence-corrected chi connectivity index (χ2v) is 5.70. The van der Waals surface area contributed by atoms with E-state index in [1.165, 1.54) is 0 Å². The third-order valence-electron chi connectivity index (χ3n) is 4.15. The highest BCUT2D eigenvalue weighted by molar-refractivity contribution is 5.95. The van der Waals surface area contributed by atoms with Gasteiger partial charge in [-0.25, -0.2) is 0 Å². The number of pyridine rings is 1. The van der Waals surface area contributed by atoms with Crippen molar-refractivity contribution in [3.63, 3.8) is 0 Å². The Bertz CT molecular complexity index is 744. The molecule has 0 bridgehead atoms. The maximum Gasteiger partial charge on any atom is 0.264 e. The monoisotopic (exact) mass is 312 g/mol. The van der Waals surface area contributed by atoms with Crippen LogP contribution in [0.1, 0.15) is 41.0 Å². The Morgan fingerprint density at radius 1 is 1.09 bits per heavy atom. The number of rotatable bonds is 5. The van der Waals surface area contributed by atoms with Crippen LogP contribution >= 0.6 is 0 Å². The van der Waals surface area contributed by atoms with Crippen molar-refractivity contribution < 1.29 is 4.79 Å². The molecule has 1 heterocycles. The lowest BCUT2D eigenvalue weighted by molar-refractivity contribution is 0.0769. The molecule has 0 unspecified atom stereocenters. The van der Waals surface area contributed by atoms with Crippen molar-refractivity contribution >= 4 is 5.91 Å². The lowest BCUT2D eigenvalue weighted by Gasteiger charge is -2.21. The van der Waals surface area contributed by atoms with Gasteiger partial charge in [0.15, 0.2) is 0 Å². The summed E-state index contributed by atoms with van der Waals surface area (Å²) in [6, 6.07) is 11.7. The van der Waals surface area contributed by atoms with Crippen molar-refractivity contribution in [2.45, 2.75) is 34.2 Å². The SMILES string of the molecule is CCN(CC)C(=O)c1c(C)cc(C)n(Cc2ccccc2)c1=O. The molecule has 0 aliphatic carbocycles. The first-order valence-corrected chi connectivity index (χ1v) is 8.03. The van der Waals surface area contributed by atoms with Crippen molar-refractivity contribution in [2.24, 2.45) is 0 Å². The van der Waals surface area contributed by atoms with E-state index in [0.29, 0.717) is 19.6 Å². The molecule has 2 aromatic rings. The third-order valence-corrected chi connectivity index (χ3v) is 4.15. The number of aromatic nitrogens is 1. The van der Waals surface area contributed by atoms with Gasteiger partial charge in [-0.15, -0.1) is 0 Å². The Hall–Kier alpha value is -2.36. The summed E-state index contributed by atoms with van der Waals surface area (Å²) in [6.45, 7) is 9.26. The topological polar surface area (TPSA) is 42.3 Å². The Labute approximate surface area is 137 Å². The smallest absolute Gasteiger partial charge is 0.264 e. The molecule has 1 aromatic carbocycles. The zero-order chi connectivity index (χ0) is 17.0. The minimum Gasteiger partial charge on any atom is -0.339 e. The molecule has 122 valence electrons. The summed E-state index contributed by atoms with van der Waals surface area (Å²) >= 11 is 0. The lowest BCUT2D eigenvalue weighted by atomic mass is 10.1. The average Bonchev–Trinajstić information content (AvgIpc) is 2.53.